The molecule has 0 aliphatic rings. The number of aliphatic hydroxyl groups is 1. The van der Waals surface area contributed by atoms with Gasteiger partial charge in [-0.3, -0.25) is 0 Å². The number of hydrogen-bond acceptors (Lipinski definition) is 4. The van der Waals surface area contributed by atoms with Crippen LogP contribution in [-0.2, 0) is 0 Å². The summed E-state index contributed by atoms with van der Waals surface area (Å²) in [5.74, 6) is 1.03. The number of benzene rings is 1. The quantitative estimate of drug-likeness (QED) is 0.684. The summed E-state index contributed by atoms with van der Waals surface area (Å²) in [7, 11) is 1.65. The number of hydrogen-bond donors (Lipinski definition) is 3. The maximum Gasteiger partial charge on any atom is 0.119 e. The molecular formula is C14H24N2O2. The van der Waals surface area contributed by atoms with Crippen molar-refractivity contribution in [2.24, 2.45) is 11.7 Å². The number of methoxy groups -OCH3 is 1. The van der Waals surface area contributed by atoms with Gasteiger partial charge >= 0.3 is 0 Å². The molecule has 3 atom stereocenters. The Balaban J connectivity index is 2.76. The number of nitrogens with one attached hydrogen (secondary N) is 1. The lowest BCUT2D eigenvalue weighted by Crippen LogP contribution is -2.39. The minimum atomic E-state index is 0.0732. The molecule has 0 fully saturated rings. The van der Waals surface area contributed by atoms with E-state index in [1.54, 1.807) is 7.11 Å². The van der Waals surface area contributed by atoms with E-state index in [1.165, 1.54) is 0 Å². The first-order valence-electron chi connectivity index (χ1n) is 6.33. The molecule has 0 aliphatic carbocycles. The van der Waals surface area contributed by atoms with Crippen molar-refractivity contribution >= 4 is 0 Å². The molecule has 4 nitrogen and oxygen atoms in total. The molecule has 0 heterocycles. The van der Waals surface area contributed by atoms with Crippen LogP contribution in [0.1, 0.15) is 25.5 Å². The Hall–Kier alpha value is -1.10. The highest BCUT2D eigenvalue weighted by Crippen LogP contribution is 2.19. The average Bonchev–Trinajstić information content (AvgIpc) is 2.43. The first kappa shape index (κ1) is 15.0. The predicted molar refractivity (Wildman–Crippen MR) is 73.6 cm³/mol. The van der Waals surface area contributed by atoms with Crippen LogP contribution in [0.3, 0.4) is 0 Å². The highest BCUT2D eigenvalue weighted by Gasteiger charge is 2.17. The summed E-state index contributed by atoms with van der Waals surface area (Å²) in [6, 6.07) is 8.17. The molecule has 102 valence electrons. The van der Waals surface area contributed by atoms with Crippen LogP contribution >= 0.6 is 0 Å². The third-order valence-corrected chi connectivity index (χ3v) is 3.34. The largest absolute Gasteiger partial charge is 0.497 e. The monoisotopic (exact) mass is 252 g/mol. The topological polar surface area (TPSA) is 67.5 Å². The first-order chi connectivity index (χ1) is 8.62. The van der Waals surface area contributed by atoms with Gasteiger partial charge in [-0.25, -0.2) is 0 Å². The molecule has 0 radical (unpaired) electrons. The Morgan fingerprint density at radius 1 is 1.39 bits per heavy atom. The van der Waals surface area contributed by atoms with Crippen LogP contribution in [0.25, 0.3) is 0 Å². The van der Waals surface area contributed by atoms with Crippen LogP contribution in [0, 0.1) is 5.92 Å². The van der Waals surface area contributed by atoms with Crippen LogP contribution in [0.4, 0.5) is 0 Å². The number of rotatable bonds is 7. The zero-order valence-electron chi connectivity index (χ0n) is 11.4. The zero-order valence-corrected chi connectivity index (χ0v) is 11.4. The maximum atomic E-state index is 9.15. The second-order valence-corrected chi connectivity index (χ2v) is 4.68. The molecule has 0 aliphatic heterocycles. The van der Waals surface area contributed by atoms with E-state index in [0.717, 1.165) is 11.3 Å². The number of aliphatic hydroxyl groups excluding tert-OH is 1. The molecule has 0 aromatic heterocycles. The van der Waals surface area contributed by atoms with Crippen molar-refractivity contribution in [1.29, 1.82) is 0 Å². The fraction of sp³-hybridized carbons (Fsp3) is 0.571. The molecule has 0 saturated heterocycles. The van der Waals surface area contributed by atoms with Crippen LogP contribution in [-0.4, -0.2) is 31.4 Å². The van der Waals surface area contributed by atoms with Gasteiger partial charge in [0.05, 0.1) is 7.11 Å². The smallest absolute Gasteiger partial charge is 0.119 e. The van der Waals surface area contributed by atoms with Gasteiger partial charge in [-0.05, 0) is 30.5 Å². The predicted octanol–water partition coefficient (Wildman–Crippen LogP) is 1.30. The summed E-state index contributed by atoms with van der Waals surface area (Å²) < 4.78 is 5.21. The van der Waals surface area contributed by atoms with Gasteiger partial charge in [0.2, 0.25) is 0 Å². The maximum absolute atomic E-state index is 9.15. The van der Waals surface area contributed by atoms with E-state index < -0.39 is 0 Å². The molecule has 18 heavy (non-hydrogen) atoms. The number of nitrogens with two attached hydrogens (primary N) is 1. The van der Waals surface area contributed by atoms with Crippen molar-refractivity contribution in [3.8, 4) is 5.75 Å². The zero-order chi connectivity index (χ0) is 13.5. The van der Waals surface area contributed by atoms with Crippen molar-refractivity contribution in [3.63, 3.8) is 0 Å². The van der Waals surface area contributed by atoms with Crippen LogP contribution in [0.2, 0.25) is 0 Å². The second kappa shape index (κ2) is 7.36. The molecule has 0 saturated carbocycles. The normalized spacial score (nSPS) is 16.1. The van der Waals surface area contributed by atoms with Gasteiger partial charge in [0.1, 0.15) is 5.75 Å². The summed E-state index contributed by atoms with van der Waals surface area (Å²) >= 11 is 0. The molecule has 1 aromatic rings. The van der Waals surface area contributed by atoms with Crippen LogP contribution in [0.5, 0.6) is 5.75 Å². The van der Waals surface area contributed by atoms with E-state index in [-0.39, 0.29) is 24.6 Å². The van der Waals surface area contributed by atoms with E-state index in [9.17, 15) is 0 Å². The van der Waals surface area contributed by atoms with Crippen molar-refractivity contribution in [3.05, 3.63) is 29.8 Å². The SMILES string of the molecule is COc1cccc(C(CN)NC(C)C(C)CO)c1. The van der Waals surface area contributed by atoms with Gasteiger partial charge in [0.15, 0.2) is 0 Å². The van der Waals surface area contributed by atoms with Crippen molar-refractivity contribution in [2.75, 3.05) is 20.3 Å². The van der Waals surface area contributed by atoms with Gasteiger partial charge < -0.3 is 20.9 Å². The number of ether oxygens (including phenoxy) is 1. The molecule has 1 rings (SSSR count). The third kappa shape index (κ3) is 3.98. The van der Waals surface area contributed by atoms with Crippen LogP contribution < -0.4 is 15.8 Å². The van der Waals surface area contributed by atoms with E-state index >= 15 is 0 Å². The molecule has 3 unspecified atom stereocenters. The summed E-state index contributed by atoms with van der Waals surface area (Å²) in [6.07, 6.45) is 0. The Morgan fingerprint density at radius 3 is 2.67 bits per heavy atom. The summed E-state index contributed by atoms with van der Waals surface area (Å²) in [5.41, 5.74) is 6.93. The van der Waals surface area contributed by atoms with Crippen LogP contribution in [0.15, 0.2) is 24.3 Å². The van der Waals surface area contributed by atoms with Crippen molar-refractivity contribution < 1.29 is 9.84 Å². The summed E-state index contributed by atoms with van der Waals surface area (Å²) in [4.78, 5) is 0. The van der Waals surface area contributed by atoms with E-state index in [0.29, 0.717) is 6.54 Å². The third-order valence-electron chi connectivity index (χ3n) is 3.34. The summed E-state index contributed by atoms with van der Waals surface area (Å²) in [5, 5.41) is 12.6. The fourth-order valence-corrected chi connectivity index (χ4v) is 1.80. The van der Waals surface area contributed by atoms with Gasteiger partial charge in [0, 0.05) is 25.2 Å². The Bertz CT molecular complexity index is 357. The van der Waals surface area contributed by atoms with Crippen molar-refractivity contribution in [2.45, 2.75) is 25.9 Å². The minimum Gasteiger partial charge on any atom is -0.497 e. The second-order valence-electron chi connectivity index (χ2n) is 4.68. The minimum absolute atomic E-state index is 0.0732. The van der Waals surface area contributed by atoms with E-state index in [1.807, 2.05) is 31.2 Å². The Labute approximate surface area is 109 Å². The fourth-order valence-electron chi connectivity index (χ4n) is 1.80. The van der Waals surface area contributed by atoms with Crippen molar-refractivity contribution in [1.82, 2.24) is 5.32 Å². The first-order valence-corrected chi connectivity index (χ1v) is 6.33. The molecule has 4 N–H and O–H groups in total. The van der Waals surface area contributed by atoms with Gasteiger partial charge in [-0.2, -0.15) is 0 Å². The lowest BCUT2D eigenvalue weighted by Gasteiger charge is -2.26. The Morgan fingerprint density at radius 2 is 2.11 bits per heavy atom. The lowest BCUT2D eigenvalue weighted by molar-refractivity contribution is 0.201. The molecular weight excluding hydrogens is 228 g/mol. The van der Waals surface area contributed by atoms with Gasteiger partial charge in [0.25, 0.3) is 0 Å². The van der Waals surface area contributed by atoms with Gasteiger partial charge in [-0.1, -0.05) is 19.1 Å². The molecule has 0 spiro atoms. The lowest BCUT2D eigenvalue weighted by atomic mass is 10.0. The average molecular weight is 252 g/mol. The van der Waals surface area contributed by atoms with Gasteiger partial charge in [-0.15, -0.1) is 0 Å². The van der Waals surface area contributed by atoms with E-state index in [4.69, 9.17) is 15.6 Å². The Kier molecular flexibility index (Phi) is 6.12. The highest BCUT2D eigenvalue weighted by molar-refractivity contribution is 5.30. The molecule has 0 amide bonds. The summed E-state index contributed by atoms with van der Waals surface area (Å²) in [6.45, 7) is 4.75. The standard InChI is InChI=1S/C14H24N2O2/c1-10(9-17)11(2)16-14(8-15)12-5-4-6-13(7-12)18-3/h4-7,10-11,14,16-17H,8-9,15H2,1-3H3. The highest BCUT2D eigenvalue weighted by atomic mass is 16.5. The molecule has 1 aromatic carbocycles. The molecule has 4 heteroatoms. The molecule has 0 bridgehead atoms. The van der Waals surface area contributed by atoms with E-state index in [2.05, 4.69) is 12.2 Å².